The fourth-order valence-corrected chi connectivity index (χ4v) is 3.41. The first-order valence-electron chi connectivity index (χ1n) is 9.91. The fourth-order valence-electron chi connectivity index (χ4n) is 2.62. The van der Waals surface area contributed by atoms with E-state index in [1.807, 2.05) is 25.1 Å². The zero-order valence-electron chi connectivity index (χ0n) is 17.7. The monoisotopic (exact) mass is 417 g/mol. The second-order valence-corrected chi connectivity index (χ2v) is 7.80. The number of aryl methyl sites for hydroxylation is 2. The van der Waals surface area contributed by atoms with Crippen molar-refractivity contribution in [2.24, 2.45) is 4.99 Å². The van der Waals surface area contributed by atoms with Gasteiger partial charge < -0.3 is 20.1 Å². The van der Waals surface area contributed by atoms with Gasteiger partial charge in [0.05, 0.1) is 18.8 Å². The first-order chi connectivity index (χ1) is 14.0. The summed E-state index contributed by atoms with van der Waals surface area (Å²) < 4.78 is 5.42. The highest BCUT2D eigenvalue weighted by molar-refractivity contribution is 7.99. The summed E-state index contributed by atoms with van der Waals surface area (Å²) in [7, 11) is 3.48. The molecular weight excluding hydrogens is 386 g/mol. The minimum Gasteiger partial charge on any atom is -0.361 e. The van der Waals surface area contributed by atoms with E-state index in [-0.39, 0.29) is 12.5 Å². The molecule has 0 saturated carbocycles. The highest BCUT2D eigenvalue weighted by Gasteiger charge is 2.13. The Morgan fingerprint density at radius 2 is 1.93 bits per heavy atom. The fraction of sp³-hybridized carbons (Fsp3) is 0.476. The average Bonchev–Trinajstić information content (AvgIpc) is 3.14. The van der Waals surface area contributed by atoms with Crippen LogP contribution >= 0.6 is 11.8 Å². The van der Waals surface area contributed by atoms with Crippen LogP contribution in [0.25, 0.3) is 0 Å². The summed E-state index contributed by atoms with van der Waals surface area (Å²) in [6.45, 7) is 5.48. The van der Waals surface area contributed by atoms with Crippen molar-refractivity contribution in [2.45, 2.75) is 38.1 Å². The van der Waals surface area contributed by atoms with Gasteiger partial charge in [-0.3, -0.25) is 4.79 Å². The lowest BCUT2D eigenvalue weighted by molar-refractivity contribution is -0.127. The van der Waals surface area contributed by atoms with Crippen LogP contribution in [0.3, 0.4) is 0 Å². The Balaban J connectivity index is 1.98. The third-order valence-electron chi connectivity index (χ3n) is 4.31. The Kier molecular flexibility index (Phi) is 9.56. The summed E-state index contributed by atoms with van der Waals surface area (Å²) in [6.07, 6.45) is 1.58. The standard InChI is InChI=1S/C21H31N5O2S/c1-5-18-17(19(6-2)28-25-18)14-23-21(24-15-20(27)26(3)4)22-12-13-29-16-10-8-7-9-11-16/h7-11H,5-6,12-15H2,1-4H3,(H2,22,23,24). The number of carbonyl (C=O) groups is 1. The van der Waals surface area contributed by atoms with Gasteiger partial charge >= 0.3 is 0 Å². The molecule has 0 aliphatic heterocycles. The summed E-state index contributed by atoms with van der Waals surface area (Å²) >= 11 is 1.77. The summed E-state index contributed by atoms with van der Waals surface area (Å²) in [5.74, 6) is 2.36. The number of carbonyl (C=O) groups excluding carboxylic acids is 1. The third-order valence-corrected chi connectivity index (χ3v) is 5.33. The molecule has 2 aromatic rings. The molecule has 1 amide bonds. The first kappa shape index (κ1) is 22.8. The van der Waals surface area contributed by atoms with Gasteiger partial charge in [0.1, 0.15) is 5.76 Å². The van der Waals surface area contributed by atoms with Gasteiger partial charge in [-0.1, -0.05) is 37.2 Å². The van der Waals surface area contributed by atoms with Crippen LogP contribution in [0.5, 0.6) is 0 Å². The number of hydrogen-bond acceptors (Lipinski definition) is 5. The molecule has 0 fully saturated rings. The number of guanidine groups is 1. The van der Waals surface area contributed by atoms with Crippen LogP contribution in [-0.4, -0.2) is 54.9 Å². The van der Waals surface area contributed by atoms with E-state index >= 15 is 0 Å². The largest absolute Gasteiger partial charge is 0.361 e. The molecule has 0 saturated heterocycles. The molecule has 7 nitrogen and oxygen atoms in total. The molecule has 1 aromatic carbocycles. The summed E-state index contributed by atoms with van der Waals surface area (Å²) in [5.41, 5.74) is 1.97. The molecule has 8 heteroatoms. The van der Waals surface area contributed by atoms with Crippen LogP contribution < -0.4 is 10.6 Å². The molecule has 1 aromatic heterocycles. The lowest BCUT2D eigenvalue weighted by atomic mass is 10.1. The molecule has 0 radical (unpaired) electrons. The predicted molar refractivity (Wildman–Crippen MR) is 118 cm³/mol. The van der Waals surface area contributed by atoms with Crippen LogP contribution in [-0.2, 0) is 24.2 Å². The van der Waals surface area contributed by atoms with Crippen molar-refractivity contribution in [3.63, 3.8) is 0 Å². The topological polar surface area (TPSA) is 82.8 Å². The van der Waals surface area contributed by atoms with E-state index in [4.69, 9.17) is 4.52 Å². The Morgan fingerprint density at radius 3 is 2.59 bits per heavy atom. The Morgan fingerprint density at radius 1 is 1.17 bits per heavy atom. The Bertz CT molecular complexity index is 768. The van der Waals surface area contributed by atoms with Gasteiger partial charge in [0.25, 0.3) is 0 Å². The Hall–Kier alpha value is -2.48. The lowest BCUT2D eigenvalue weighted by Crippen LogP contribution is -2.43. The van der Waals surface area contributed by atoms with Crippen LogP contribution in [0.15, 0.2) is 44.7 Å². The maximum Gasteiger partial charge on any atom is 0.241 e. The number of likely N-dealkylation sites (N-methyl/N-ethyl adjacent to an activating group) is 1. The molecular formula is C21H31N5O2S. The number of hydrogen-bond donors (Lipinski definition) is 2. The number of nitrogens with one attached hydrogen (secondary N) is 2. The van der Waals surface area contributed by atoms with Gasteiger partial charge in [0.15, 0.2) is 5.96 Å². The number of amides is 1. The van der Waals surface area contributed by atoms with E-state index in [2.05, 4.69) is 39.8 Å². The lowest BCUT2D eigenvalue weighted by Gasteiger charge is -2.15. The first-order valence-corrected chi connectivity index (χ1v) is 10.9. The molecule has 29 heavy (non-hydrogen) atoms. The van der Waals surface area contributed by atoms with Gasteiger partial charge in [-0.2, -0.15) is 0 Å². The number of rotatable bonds is 10. The maximum atomic E-state index is 11.9. The number of aliphatic imine (C=N–C) groups is 1. The van der Waals surface area contributed by atoms with Crippen molar-refractivity contribution in [3.8, 4) is 0 Å². The van der Waals surface area contributed by atoms with E-state index in [9.17, 15) is 4.79 Å². The third kappa shape index (κ3) is 7.45. The summed E-state index contributed by atoms with van der Waals surface area (Å²) in [4.78, 5) is 19.4. The molecule has 0 atom stereocenters. The molecule has 0 aliphatic carbocycles. The quantitative estimate of drug-likeness (QED) is 0.268. The maximum absolute atomic E-state index is 11.9. The predicted octanol–water partition coefficient (Wildman–Crippen LogP) is 2.72. The molecule has 158 valence electrons. The molecule has 2 N–H and O–H groups in total. The zero-order valence-corrected chi connectivity index (χ0v) is 18.5. The number of benzene rings is 1. The van der Waals surface area contributed by atoms with Gasteiger partial charge in [0, 0.05) is 43.3 Å². The molecule has 0 bridgehead atoms. The van der Waals surface area contributed by atoms with Crippen molar-refractivity contribution in [1.82, 2.24) is 20.7 Å². The molecule has 2 rings (SSSR count). The van der Waals surface area contributed by atoms with E-state index in [0.29, 0.717) is 12.5 Å². The van der Waals surface area contributed by atoms with Crippen LogP contribution in [0.2, 0.25) is 0 Å². The average molecular weight is 418 g/mol. The van der Waals surface area contributed by atoms with Gasteiger partial charge in [-0.15, -0.1) is 11.8 Å². The smallest absolute Gasteiger partial charge is 0.241 e. The highest BCUT2D eigenvalue weighted by atomic mass is 32.2. The minimum atomic E-state index is -0.00775. The van der Waals surface area contributed by atoms with E-state index < -0.39 is 0 Å². The van der Waals surface area contributed by atoms with Crippen molar-refractivity contribution >= 4 is 23.6 Å². The Labute approximate surface area is 177 Å². The van der Waals surface area contributed by atoms with Crippen LogP contribution in [0, 0.1) is 0 Å². The van der Waals surface area contributed by atoms with Crippen molar-refractivity contribution in [2.75, 3.05) is 32.9 Å². The van der Waals surface area contributed by atoms with Gasteiger partial charge in [-0.05, 0) is 18.6 Å². The van der Waals surface area contributed by atoms with Crippen LogP contribution in [0.4, 0.5) is 0 Å². The van der Waals surface area contributed by atoms with Gasteiger partial charge in [-0.25, -0.2) is 4.99 Å². The zero-order chi connectivity index (χ0) is 21.1. The van der Waals surface area contributed by atoms with Crippen molar-refractivity contribution in [3.05, 3.63) is 47.3 Å². The summed E-state index contributed by atoms with van der Waals surface area (Å²) in [5, 5.41) is 10.6. The molecule has 0 spiro atoms. The van der Waals surface area contributed by atoms with Gasteiger partial charge in [0.2, 0.25) is 5.91 Å². The number of thioether (sulfide) groups is 1. The number of aromatic nitrogens is 1. The second-order valence-electron chi connectivity index (χ2n) is 6.63. The van der Waals surface area contributed by atoms with E-state index in [1.54, 1.807) is 30.8 Å². The highest BCUT2D eigenvalue weighted by Crippen LogP contribution is 2.17. The van der Waals surface area contributed by atoms with Crippen LogP contribution in [0.1, 0.15) is 30.9 Å². The SMILES string of the molecule is CCc1noc(CC)c1CN=C(NCCSc1ccccc1)NCC(=O)N(C)C. The molecule has 0 aliphatic rings. The number of nitrogens with zero attached hydrogens (tertiary/aromatic N) is 3. The second kappa shape index (κ2) is 12.2. The van der Waals surface area contributed by atoms with E-state index in [0.717, 1.165) is 42.2 Å². The molecule has 1 heterocycles. The summed E-state index contributed by atoms with van der Waals surface area (Å²) in [6, 6.07) is 10.3. The van der Waals surface area contributed by atoms with Crippen molar-refractivity contribution in [1.29, 1.82) is 0 Å². The minimum absolute atomic E-state index is 0.00775. The van der Waals surface area contributed by atoms with Crippen molar-refractivity contribution < 1.29 is 9.32 Å². The normalized spacial score (nSPS) is 11.4. The molecule has 0 unspecified atom stereocenters. The van der Waals surface area contributed by atoms with E-state index in [1.165, 1.54) is 4.90 Å².